The Hall–Kier alpha value is -3.58. The number of nitrogens with zero attached hydrogens (tertiary/aromatic N) is 2. The fourth-order valence-corrected chi connectivity index (χ4v) is 7.62. The number of halogens is 1. The molecule has 0 saturated carbocycles. The molecule has 42 heavy (non-hydrogen) atoms. The maximum atomic E-state index is 14.7. The highest BCUT2D eigenvalue weighted by Gasteiger charge is 2.57. The molecular weight excluding hydrogens is 541 g/mol. The molecule has 0 radical (unpaired) electrons. The summed E-state index contributed by atoms with van der Waals surface area (Å²) in [5.41, 5.74) is 7.44. The Kier molecular flexibility index (Phi) is 7.88. The zero-order valence-electron chi connectivity index (χ0n) is 24.5. The molecule has 6 heteroatoms. The van der Waals surface area contributed by atoms with Gasteiger partial charge >= 0.3 is 5.91 Å². The first-order valence-electron chi connectivity index (χ1n) is 14.7. The molecule has 0 bridgehead atoms. The Morgan fingerprint density at radius 3 is 2.48 bits per heavy atom. The van der Waals surface area contributed by atoms with Crippen molar-refractivity contribution < 1.29 is 9.18 Å². The molecule has 1 N–H and O–H groups in total. The molecule has 3 aromatic carbocycles. The van der Waals surface area contributed by atoms with Crippen LogP contribution >= 0.6 is 11.8 Å². The monoisotopic (exact) mass is 578 g/mol. The molecule has 1 atom stereocenters. The van der Waals surface area contributed by atoms with Crippen LogP contribution < -0.4 is 9.80 Å². The fraction of sp³-hybridized carbons (Fsp3) is 0.278. The van der Waals surface area contributed by atoms with Crippen LogP contribution in [0.5, 0.6) is 0 Å². The smallest absolute Gasteiger partial charge is 0.317 e. The van der Waals surface area contributed by atoms with Crippen molar-refractivity contribution in [3.05, 3.63) is 124 Å². The number of nitrogens with one attached hydrogen (secondary N) is 1. The highest BCUT2D eigenvalue weighted by atomic mass is 32.2. The van der Waals surface area contributed by atoms with Gasteiger partial charge in [0.1, 0.15) is 24.6 Å². The van der Waals surface area contributed by atoms with Gasteiger partial charge in [-0.25, -0.2) is 13.7 Å². The Labute approximate surface area is 252 Å². The van der Waals surface area contributed by atoms with Crippen molar-refractivity contribution in [2.45, 2.75) is 48.8 Å². The first-order valence-corrected chi connectivity index (χ1v) is 15.5. The summed E-state index contributed by atoms with van der Waals surface area (Å²) >= 11 is 1.64. The van der Waals surface area contributed by atoms with E-state index in [9.17, 15) is 9.18 Å². The van der Waals surface area contributed by atoms with Crippen LogP contribution in [-0.4, -0.2) is 37.1 Å². The molecule has 1 spiro atoms. The molecule has 2 aliphatic rings. The van der Waals surface area contributed by atoms with Crippen molar-refractivity contribution in [1.29, 1.82) is 0 Å². The van der Waals surface area contributed by atoms with Gasteiger partial charge in [-0.2, -0.15) is 0 Å². The van der Waals surface area contributed by atoms with Crippen molar-refractivity contribution in [2.75, 3.05) is 26.2 Å². The first kappa shape index (κ1) is 28.5. The van der Waals surface area contributed by atoms with Gasteiger partial charge in [-0.15, -0.1) is 0 Å². The maximum absolute atomic E-state index is 14.7. The summed E-state index contributed by atoms with van der Waals surface area (Å²) in [6, 6.07) is 23.5. The van der Waals surface area contributed by atoms with E-state index in [0.717, 1.165) is 53.6 Å². The van der Waals surface area contributed by atoms with Crippen molar-refractivity contribution in [1.82, 2.24) is 14.8 Å². The Morgan fingerprint density at radius 2 is 1.74 bits per heavy atom. The number of benzene rings is 3. The van der Waals surface area contributed by atoms with Crippen LogP contribution in [0.2, 0.25) is 0 Å². The van der Waals surface area contributed by atoms with Crippen LogP contribution in [-0.2, 0) is 5.41 Å². The number of aromatic nitrogens is 1. The first-order chi connectivity index (χ1) is 20.3. The van der Waals surface area contributed by atoms with Crippen molar-refractivity contribution >= 4 is 29.4 Å². The minimum Gasteiger partial charge on any atom is -0.317 e. The summed E-state index contributed by atoms with van der Waals surface area (Å²) in [5, 5.41) is 3.54. The van der Waals surface area contributed by atoms with Gasteiger partial charge in [0.25, 0.3) is 0 Å². The van der Waals surface area contributed by atoms with E-state index in [1.54, 1.807) is 18.0 Å². The highest BCUT2D eigenvalue weighted by Crippen LogP contribution is 2.52. The predicted molar refractivity (Wildman–Crippen MR) is 171 cm³/mol. The van der Waals surface area contributed by atoms with Crippen LogP contribution in [0.3, 0.4) is 0 Å². The third kappa shape index (κ3) is 5.47. The van der Waals surface area contributed by atoms with Crippen LogP contribution in [0.4, 0.5) is 10.1 Å². The molecule has 1 amide bonds. The van der Waals surface area contributed by atoms with Gasteiger partial charge in [0.2, 0.25) is 0 Å². The largest absolute Gasteiger partial charge is 0.351 e. The van der Waals surface area contributed by atoms with E-state index >= 15 is 0 Å². The minimum atomic E-state index is -0.234. The summed E-state index contributed by atoms with van der Waals surface area (Å²) in [6.45, 7) is 9.33. The summed E-state index contributed by atoms with van der Waals surface area (Å²) in [7, 11) is 0. The lowest BCUT2D eigenvalue weighted by Gasteiger charge is -2.36. The summed E-state index contributed by atoms with van der Waals surface area (Å²) in [6.07, 6.45) is 8.06. The topological polar surface area (TPSA) is 42.0 Å². The molecule has 2 aliphatic heterocycles. The van der Waals surface area contributed by atoms with E-state index in [2.05, 4.69) is 72.7 Å². The van der Waals surface area contributed by atoms with Gasteiger partial charge in [-0.3, -0.25) is 4.98 Å². The van der Waals surface area contributed by atoms with E-state index in [-0.39, 0.29) is 21.6 Å². The second kappa shape index (κ2) is 11.6. The molecule has 4 aromatic rings. The van der Waals surface area contributed by atoms with Gasteiger partial charge in [0.05, 0.1) is 11.0 Å². The molecule has 0 aliphatic carbocycles. The summed E-state index contributed by atoms with van der Waals surface area (Å²) in [5.74, 6) is -0.121. The van der Waals surface area contributed by atoms with Crippen LogP contribution in [0.15, 0.2) is 94.9 Å². The van der Waals surface area contributed by atoms with Crippen LogP contribution in [0.25, 0.3) is 6.08 Å². The van der Waals surface area contributed by atoms with Gasteiger partial charge in [0, 0.05) is 33.3 Å². The Bertz CT molecular complexity index is 1660. The molecular formula is C36H37FN3OS+. The van der Waals surface area contributed by atoms with Gasteiger partial charge in [0.15, 0.2) is 0 Å². The molecule has 1 aromatic heterocycles. The lowest BCUT2D eigenvalue weighted by Crippen LogP contribution is -2.57. The van der Waals surface area contributed by atoms with Gasteiger partial charge in [-0.1, -0.05) is 41.6 Å². The SMILES string of the molecule is Cc1ccc(/C=C/C[N+]2(C(=O)c3ccnc(C)c3)CC3(CCNCC3)c3cc(Sc4ccc(F)cc4)ccc32)c(C)c1. The Balaban J connectivity index is 1.46. The number of aryl methyl sites for hydroxylation is 3. The highest BCUT2D eigenvalue weighted by molar-refractivity contribution is 7.99. The minimum absolute atomic E-state index is 0.106. The third-order valence-electron chi connectivity index (χ3n) is 8.86. The number of pyridine rings is 1. The normalized spacial score (nSPS) is 19.3. The number of fused-ring (bicyclic) bond motifs is 2. The van der Waals surface area contributed by atoms with Crippen molar-refractivity contribution in [3.8, 4) is 0 Å². The number of hydrogen-bond acceptors (Lipinski definition) is 4. The average molecular weight is 579 g/mol. The van der Waals surface area contributed by atoms with E-state index in [1.807, 2.05) is 31.2 Å². The standard InChI is InChI=1S/C36H37FN3OS/c1-25-6-7-28(26(2)21-25)5-4-20-40(35(41)29-14-17-39-27(3)22-29)24-36(15-18-38-19-16-36)33-23-32(12-13-34(33)40)42-31-10-8-30(37)9-11-31/h4-14,17,21-23,38H,15-16,18-20,24H2,1-3H3/q+1/b5-4+. The van der Waals surface area contributed by atoms with E-state index < -0.39 is 0 Å². The average Bonchev–Trinajstić information content (AvgIpc) is 3.24. The lowest BCUT2D eigenvalue weighted by atomic mass is 9.75. The number of hydrogen-bond donors (Lipinski definition) is 1. The van der Waals surface area contributed by atoms with Gasteiger partial charge < -0.3 is 5.32 Å². The molecule has 3 heterocycles. The van der Waals surface area contributed by atoms with Gasteiger partial charge in [-0.05, 0) is 112 Å². The quantitative estimate of drug-likeness (QED) is 0.237. The number of carbonyl (C=O) groups is 1. The van der Waals surface area contributed by atoms with Crippen LogP contribution in [0.1, 0.15) is 51.1 Å². The number of piperidine rings is 1. The van der Waals surface area contributed by atoms with Crippen molar-refractivity contribution in [3.63, 3.8) is 0 Å². The molecule has 1 unspecified atom stereocenters. The maximum Gasteiger partial charge on any atom is 0.351 e. The molecule has 4 nitrogen and oxygen atoms in total. The lowest BCUT2D eigenvalue weighted by molar-refractivity contribution is 0.0759. The predicted octanol–water partition coefficient (Wildman–Crippen LogP) is 7.79. The summed E-state index contributed by atoms with van der Waals surface area (Å²) in [4.78, 5) is 21.2. The molecule has 6 rings (SSSR count). The zero-order chi connectivity index (χ0) is 29.3. The van der Waals surface area contributed by atoms with E-state index in [4.69, 9.17) is 0 Å². The third-order valence-corrected chi connectivity index (χ3v) is 9.85. The zero-order valence-corrected chi connectivity index (χ0v) is 25.3. The molecule has 214 valence electrons. The second-order valence-corrected chi connectivity index (χ2v) is 13.0. The second-order valence-electron chi connectivity index (χ2n) is 11.8. The van der Waals surface area contributed by atoms with Crippen molar-refractivity contribution in [2.24, 2.45) is 0 Å². The number of amides is 1. The Morgan fingerprint density at radius 1 is 0.976 bits per heavy atom. The van der Waals surface area contributed by atoms with E-state index in [1.165, 1.54) is 34.4 Å². The number of rotatable bonds is 6. The fourth-order valence-electron chi connectivity index (χ4n) is 6.76. The number of carbonyl (C=O) groups excluding carboxylic acids is 1. The molecule has 1 saturated heterocycles. The molecule has 1 fully saturated rings. The van der Waals surface area contributed by atoms with Crippen LogP contribution in [0, 0.1) is 26.6 Å². The van der Waals surface area contributed by atoms with E-state index in [0.29, 0.717) is 12.1 Å². The summed E-state index contributed by atoms with van der Waals surface area (Å²) < 4.78 is 13.8. The number of quaternary nitrogens is 1.